The van der Waals surface area contributed by atoms with E-state index >= 15 is 0 Å². The van der Waals surface area contributed by atoms with Crippen LogP contribution in [-0.2, 0) is 11.3 Å². The molecule has 1 aromatic carbocycles. The number of piperazine rings is 1. The van der Waals surface area contributed by atoms with Crippen molar-refractivity contribution in [3.63, 3.8) is 0 Å². The average molecular weight is 379 g/mol. The van der Waals surface area contributed by atoms with Gasteiger partial charge in [-0.3, -0.25) is 9.48 Å². The van der Waals surface area contributed by atoms with Crippen molar-refractivity contribution in [3.05, 3.63) is 46.7 Å². The van der Waals surface area contributed by atoms with E-state index in [-0.39, 0.29) is 11.3 Å². The summed E-state index contributed by atoms with van der Waals surface area (Å²) in [5, 5.41) is 5.38. The molecule has 1 aliphatic heterocycles. The lowest BCUT2D eigenvalue weighted by atomic mass is 10.0. The number of halogens is 2. The third kappa shape index (κ3) is 3.35. The van der Waals surface area contributed by atoms with Gasteiger partial charge in [-0.15, -0.1) is 0 Å². The van der Waals surface area contributed by atoms with Gasteiger partial charge in [0.1, 0.15) is 0 Å². The minimum absolute atomic E-state index is 0.238. The second kappa shape index (κ2) is 6.54. The van der Waals surface area contributed by atoms with Crippen LogP contribution in [0.1, 0.15) is 12.8 Å². The maximum Gasteiger partial charge on any atom is 0.230 e. The van der Waals surface area contributed by atoms with Gasteiger partial charge in [0, 0.05) is 44.3 Å². The van der Waals surface area contributed by atoms with Gasteiger partial charge in [0.05, 0.1) is 22.0 Å². The predicted octanol–water partition coefficient (Wildman–Crippen LogP) is 3.32. The molecule has 2 aromatic rings. The average Bonchev–Trinajstić information content (AvgIpc) is 3.22. The van der Waals surface area contributed by atoms with Crippen molar-refractivity contribution in [2.45, 2.75) is 19.4 Å². The number of nitrogens with zero attached hydrogens (tertiary/aromatic N) is 4. The molecule has 1 saturated carbocycles. The van der Waals surface area contributed by atoms with Gasteiger partial charge >= 0.3 is 0 Å². The lowest BCUT2D eigenvalue weighted by molar-refractivity contribution is -0.138. The summed E-state index contributed by atoms with van der Waals surface area (Å²) in [6, 6.07) is 7.59. The molecule has 0 unspecified atom stereocenters. The molecule has 1 saturated heterocycles. The zero-order valence-corrected chi connectivity index (χ0v) is 15.4. The number of hydrogen-bond donors (Lipinski definition) is 0. The number of anilines is 1. The standard InChI is InChI=1S/C18H20Cl2N4O/c19-15-3-2-14(12-16(15)20)22-8-10-23(11-9-22)17(25)18(4-5-18)13-24-7-1-6-21-24/h1-3,6-7,12H,4-5,8-11,13H2. The second-order valence-electron chi connectivity index (χ2n) is 6.86. The quantitative estimate of drug-likeness (QED) is 0.819. The van der Waals surface area contributed by atoms with Gasteiger partial charge in [-0.25, -0.2) is 0 Å². The molecular weight excluding hydrogens is 359 g/mol. The largest absolute Gasteiger partial charge is 0.368 e. The first-order valence-corrected chi connectivity index (χ1v) is 9.30. The summed E-state index contributed by atoms with van der Waals surface area (Å²) in [4.78, 5) is 17.2. The van der Waals surface area contributed by atoms with Crippen LogP contribution in [0, 0.1) is 5.41 Å². The normalized spacial score (nSPS) is 19.1. The minimum atomic E-state index is -0.238. The second-order valence-corrected chi connectivity index (χ2v) is 7.68. The molecule has 132 valence electrons. The Balaban J connectivity index is 1.38. The fraction of sp³-hybridized carbons (Fsp3) is 0.444. The molecule has 7 heteroatoms. The maximum absolute atomic E-state index is 13.0. The Kier molecular flexibility index (Phi) is 4.38. The first-order chi connectivity index (χ1) is 12.1. The number of aromatic nitrogens is 2. The van der Waals surface area contributed by atoms with Crippen molar-refractivity contribution in [2.24, 2.45) is 5.41 Å². The van der Waals surface area contributed by atoms with Gasteiger partial charge in [-0.1, -0.05) is 23.2 Å². The van der Waals surface area contributed by atoms with Crippen LogP contribution >= 0.6 is 23.2 Å². The third-order valence-corrected chi connectivity index (χ3v) is 5.91. The number of carbonyl (C=O) groups is 1. The van der Waals surface area contributed by atoms with E-state index in [0.717, 1.165) is 44.7 Å². The lowest BCUT2D eigenvalue weighted by Crippen LogP contribution is -2.51. The van der Waals surface area contributed by atoms with E-state index in [1.54, 1.807) is 6.20 Å². The lowest BCUT2D eigenvalue weighted by Gasteiger charge is -2.37. The molecule has 25 heavy (non-hydrogen) atoms. The van der Waals surface area contributed by atoms with Crippen LogP contribution < -0.4 is 4.90 Å². The van der Waals surface area contributed by atoms with Crippen LogP contribution in [0.2, 0.25) is 10.0 Å². The first-order valence-electron chi connectivity index (χ1n) is 8.54. The van der Waals surface area contributed by atoms with Crippen molar-refractivity contribution in [3.8, 4) is 0 Å². The van der Waals surface area contributed by atoms with E-state index in [2.05, 4.69) is 10.00 Å². The monoisotopic (exact) mass is 378 g/mol. The Hall–Kier alpha value is -1.72. The predicted molar refractivity (Wildman–Crippen MR) is 99.1 cm³/mol. The maximum atomic E-state index is 13.0. The van der Waals surface area contributed by atoms with Gasteiger partial charge in [-0.05, 0) is 37.1 Å². The number of rotatable bonds is 4. The third-order valence-electron chi connectivity index (χ3n) is 5.17. The van der Waals surface area contributed by atoms with Gasteiger partial charge in [0.2, 0.25) is 5.91 Å². The van der Waals surface area contributed by atoms with Gasteiger partial charge in [0.25, 0.3) is 0 Å². The molecule has 4 rings (SSSR count). The molecule has 2 heterocycles. The highest BCUT2D eigenvalue weighted by molar-refractivity contribution is 6.42. The fourth-order valence-corrected chi connectivity index (χ4v) is 3.77. The molecular formula is C18H20Cl2N4O. The van der Waals surface area contributed by atoms with Crippen LogP contribution in [0.15, 0.2) is 36.7 Å². The van der Waals surface area contributed by atoms with E-state index < -0.39 is 0 Å². The van der Waals surface area contributed by atoms with E-state index in [9.17, 15) is 4.79 Å². The van der Waals surface area contributed by atoms with Crippen molar-refractivity contribution in [1.82, 2.24) is 14.7 Å². The number of benzene rings is 1. The van der Waals surface area contributed by atoms with Crippen LogP contribution in [0.25, 0.3) is 0 Å². The summed E-state index contributed by atoms with van der Waals surface area (Å²) in [6.45, 7) is 3.77. The highest BCUT2D eigenvalue weighted by atomic mass is 35.5. The molecule has 0 bridgehead atoms. The zero-order valence-electron chi connectivity index (χ0n) is 13.9. The number of carbonyl (C=O) groups excluding carboxylic acids is 1. The molecule has 0 radical (unpaired) electrons. The Morgan fingerprint density at radius 1 is 1.12 bits per heavy atom. The van der Waals surface area contributed by atoms with Crippen LogP contribution in [0.5, 0.6) is 0 Å². The van der Waals surface area contributed by atoms with E-state index in [1.165, 1.54) is 0 Å². The molecule has 0 N–H and O–H groups in total. The highest BCUT2D eigenvalue weighted by Crippen LogP contribution is 2.48. The molecule has 5 nitrogen and oxygen atoms in total. The first kappa shape index (κ1) is 16.7. The van der Waals surface area contributed by atoms with Crippen LogP contribution in [0.3, 0.4) is 0 Å². The molecule has 2 aliphatic rings. The van der Waals surface area contributed by atoms with Gasteiger partial charge in [0.15, 0.2) is 0 Å². The minimum Gasteiger partial charge on any atom is -0.368 e. The van der Waals surface area contributed by atoms with Crippen LogP contribution in [0.4, 0.5) is 5.69 Å². The molecule has 1 amide bonds. The van der Waals surface area contributed by atoms with Gasteiger partial charge < -0.3 is 9.80 Å². The summed E-state index contributed by atoms with van der Waals surface area (Å²) >= 11 is 12.1. The Bertz CT molecular complexity index is 765. The van der Waals surface area contributed by atoms with Crippen molar-refractivity contribution in [2.75, 3.05) is 31.1 Å². The summed E-state index contributed by atoms with van der Waals surface area (Å²) in [7, 11) is 0. The fourth-order valence-electron chi connectivity index (χ4n) is 3.48. The van der Waals surface area contributed by atoms with Crippen molar-refractivity contribution < 1.29 is 4.79 Å². The molecule has 1 aromatic heterocycles. The van der Waals surface area contributed by atoms with E-state index in [0.29, 0.717) is 16.6 Å². The smallest absolute Gasteiger partial charge is 0.230 e. The zero-order chi connectivity index (χ0) is 17.4. The number of hydrogen-bond acceptors (Lipinski definition) is 3. The summed E-state index contributed by atoms with van der Waals surface area (Å²) in [5.74, 6) is 0.275. The Morgan fingerprint density at radius 3 is 2.48 bits per heavy atom. The Morgan fingerprint density at radius 2 is 1.88 bits per heavy atom. The van der Waals surface area contributed by atoms with E-state index in [4.69, 9.17) is 23.2 Å². The summed E-state index contributed by atoms with van der Waals surface area (Å²) in [5.41, 5.74) is 0.816. The number of amides is 1. The van der Waals surface area contributed by atoms with Crippen molar-refractivity contribution in [1.29, 1.82) is 0 Å². The molecule has 0 atom stereocenters. The highest BCUT2D eigenvalue weighted by Gasteiger charge is 2.52. The summed E-state index contributed by atoms with van der Waals surface area (Å²) in [6.07, 6.45) is 5.60. The molecule has 0 spiro atoms. The SMILES string of the molecule is O=C(N1CCN(c2ccc(Cl)c(Cl)c2)CC1)C1(Cn2cccn2)CC1. The summed E-state index contributed by atoms with van der Waals surface area (Å²) < 4.78 is 1.87. The van der Waals surface area contributed by atoms with Gasteiger partial charge in [-0.2, -0.15) is 5.10 Å². The van der Waals surface area contributed by atoms with Crippen LogP contribution in [-0.4, -0.2) is 46.8 Å². The topological polar surface area (TPSA) is 41.4 Å². The molecule has 2 fully saturated rings. The Labute approximate surface area is 157 Å². The van der Waals surface area contributed by atoms with E-state index in [1.807, 2.05) is 40.0 Å². The van der Waals surface area contributed by atoms with Crippen molar-refractivity contribution >= 4 is 34.8 Å². The molecule has 1 aliphatic carbocycles.